The fourth-order valence-corrected chi connectivity index (χ4v) is 9.08. The minimum atomic E-state index is -0.0308. The molecule has 1 aliphatic heterocycles. The highest BCUT2D eigenvalue weighted by Gasteiger charge is 2.24. The van der Waals surface area contributed by atoms with Crippen molar-refractivity contribution in [3.63, 3.8) is 0 Å². The van der Waals surface area contributed by atoms with Crippen LogP contribution in [0.3, 0.4) is 0 Å². The molecular formula is C51H33N3O. The Morgan fingerprint density at radius 3 is 2.04 bits per heavy atom. The number of nitrogens with zero attached hydrogens (tertiary/aromatic N) is 2. The summed E-state index contributed by atoms with van der Waals surface area (Å²) in [6.45, 7) is 0. The molecule has 258 valence electrons. The van der Waals surface area contributed by atoms with Gasteiger partial charge in [-0.3, -0.25) is 0 Å². The molecule has 0 spiro atoms. The van der Waals surface area contributed by atoms with Gasteiger partial charge in [-0.05, 0) is 83.4 Å². The third-order valence-corrected chi connectivity index (χ3v) is 11.5. The van der Waals surface area contributed by atoms with E-state index in [4.69, 9.17) is 4.42 Å². The van der Waals surface area contributed by atoms with Crippen LogP contribution in [0, 0.1) is 0 Å². The van der Waals surface area contributed by atoms with Crippen molar-refractivity contribution in [3.8, 4) is 11.4 Å². The number of aromatic nitrogens is 2. The zero-order valence-electron chi connectivity index (χ0n) is 29.8. The molecule has 12 rings (SSSR count). The van der Waals surface area contributed by atoms with Crippen LogP contribution in [0.5, 0.6) is 0 Å². The van der Waals surface area contributed by atoms with Crippen LogP contribution in [0.4, 0.5) is 5.69 Å². The monoisotopic (exact) mass is 703 g/mol. The molecule has 11 aromatic rings. The molecule has 1 atom stereocenters. The van der Waals surface area contributed by atoms with E-state index >= 15 is 0 Å². The van der Waals surface area contributed by atoms with Crippen LogP contribution >= 0.6 is 0 Å². The van der Waals surface area contributed by atoms with Crippen molar-refractivity contribution in [2.45, 2.75) is 6.04 Å². The van der Waals surface area contributed by atoms with Crippen molar-refractivity contribution in [1.29, 1.82) is 0 Å². The lowest BCUT2D eigenvalue weighted by Gasteiger charge is -2.27. The highest BCUT2D eigenvalue weighted by molar-refractivity contribution is 6.24. The van der Waals surface area contributed by atoms with Crippen LogP contribution in [0.25, 0.3) is 82.5 Å². The summed E-state index contributed by atoms with van der Waals surface area (Å²) >= 11 is 0. The second-order valence-electron chi connectivity index (χ2n) is 14.6. The molecule has 4 heterocycles. The van der Waals surface area contributed by atoms with Crippen LogP contribution in [0.2, 0.25) is 0 Å². The Hall–Kier alpha value is -7.30. The van der Waals surface area contributed by atoms with Crippen molar-refractivity contribution in [1.82, 2.24) is 9.13 Å². The van der Waals surface area contributed by atoms with E-state index in [2.05, 4.69) is 196 Å². The number of hydrogen-bond acceptors (Lipinski definition) is 2. The Morgan fingerprint density at radius 2 is 1.15 bits per heavy atom. The third-order valence-electron chi connectivity index (χ3n) is 11.5. The fourth-order valence-electron chi connectivity index (χ4n) is 9.08. The van der Waals surface area contributed by atoms with Gasteiger partial charge >= 0.3 is 0 Å². The average Bonchev–Trinajstić information content (AvgIpc) is 3.90. The first-order chi connectivity index (χ1) is 27.3. The highest BCUT2D eigenvalue weighted by Crippen LogP contribution is 2.44. The summed E-state index contributed by atoms with van der Waals surface area (Å²) in [5, 5.41) is 10.9. The highest BCUT2D eigenvalue weighted by atomic mass is 16.3. The largest absolute Gasteiger partial charge is 0.454 e. The topological polar surface area (TPSA) is 35.0 Å². The van der Waals surface area contributed by atoms with Gasteiger partial charge in [-0.25, -0.2) is 0 Å². The average molecular weight is 704 g/mol. The maximum atomic E-state index is 6.80. The normalized spacial score (nSPS) is 14.3. The number of hydrogen-bond donors (Lipinski definition) is 1. The molecule has 0 saturated carbocycles. The number of nitrogens with one attached hydrogen (secondary N) is 1. The number of fused-ring (bicyclic) bond motifs is 11. The number of benzene rings is 8. The molecule has 1 unspecified atom stereocenters. The van der Waals surface area contributed by atoms with E-state index in [9.17, 15) is 0 Å². The minimum Gasteiger partial charge on any atom is -0.454 e. The van der Waals surface area contributed by atoms with Gasteiger partial charge in [0.05, 0.1) is 28.1 Å². The summed E-state index contributed by atoms with van der Waals surface area (Å²) in [6.07, 6.45) is 2.38. The molecule has 0 fully saturated rings. The Kier molecular flexibility index (Phi) is 6.37. The van der Waals surface area contributed by atoms with E-state index < -0.39 is 0 Å². The Labute approximate surface area is 316 Å². The first kappa shape index (κ1) is 30.2. The molecule has 4 heteroatoms. The van der Waals surface area contributed by atoms with E-state index in [0.717, 1.165) is 50.0 Å². The Morgan fingerprint density at radius 1 is 0.455 bits per heavy atom. The van der Waals surface area contributed by atoms with Crippen molar-refractivity contribution in [3.05, 3.63) is 205 Å². The minimum absolute atomic E-state index is 0.0308. The van der Waals surface area contributed by atoms with Gasteiger partial charge in [-0.2, -0.15) is 0 Å². The molecule has 55 heavy (non-hydrogen) atoms. The molecule has 1 aliphatic rings. The van der Waals surface area contributed by atoms with E-state index in [1.807, 2.05) is 6.07 Å². The van der Waals surface area contributed by atoms with Gasteiger partial charge < -0.3 is 18.9 Å². The smallest absolute Gasteiger partial charge is 0.160 e. The molecule has 3 aromatic heterocycles. The predicted molar refractivity (Wildman–Crippen MR) is 229 cm³/mol. The number of anilines is 1. The number of rotatable bonds is 4. The number of furan rings is 1. The van der Waals surface area contributed by atoms with Gasteiger partial charge in [0.15, 0.2) is 5.58 Å². The van der Waals surface area contributed by atoms with Gasteiger partial charge in [0.25, 0.3) is 0 Å². The Balaban J connectivity index is 1.16. The molecule has 0 aliphatic carbocycles. The summed E-state index contributed by atoms with van der Waals surface area (Å²) in [7, 11) is 0. The lowest BCUT2D eigenvalue weighted by atomic mass is 9.89. The standard InChI is InChI=1S/C51H33N3O/c1-3-14-32(15-4-1)41-30-45(52-44-23-10-7-20-36(41)44)33-16-13-19-35(28-33)54-48-31-47-42(37-21-8-11-24-46(37)53(47)34-17-5-2-6-18-34)29-43(48)39-26-27-40-38-22-9-12-25-49(38)55-51(40)50(39)54/h1-31,45,52H. The van der Waals surface area contributed by atoms with E-state index in [-0.39, 0.29) is 6.04 Å². The van der Waals surface area contributed by atoms with Crippen LogP contribution in [0.1, 0.15) is 22.7 Å². The molecule has 0 amide bonds. The predicted octanol–water partition coefficient (Wildman–Crippen LogP) is 13.4. The third kappa shape index (κ3) is 4.46. The van der Waals surface area contributed by atoms with Crippen LogP contribution in [-0.2, 0) is 0 Å². The fraction of sp³-hybridized carbons (Fsp3) is 0.0196. The van der Waals surface area contributed by atoms with Crippen LogP contribution in [0.15, 0.2) is 192 Å². The molecule has 0 saturated heterocycles. The van der Waals surface area contributed by atoms with E-state index in [0.29, 0.717) is 0 Å². The maximum absolute atomic E-state index is 6.80. The zero-order chi connectivity index (χ0) is 36.0. The van der Waals surface area contributed by atoms with Crippen LogP contribution < -0.4 is 5.32 Å². The zero-order valence-corrected chi connectivity index (χ0v) is 29.8. The summed E-state index contributed by atoms with van der Waals surface area (Å²) in [5.41, 5.74) is 14.6. The van der Waals surface area contributed by atoms with E-state index in [1.54, 1.807) is 0 Å². The SMILES string of the molecule is C1=C(c2ccccc2)c2ccccc2NC1c1cccc(-n2c3cc4c(cc3c3ccc5c6ccccc6oc5c32)c2ccccc2n4-c2ccccc2)c1. The van der Waals surface area contributed by atoms with Crippen molar-refractivity contribution >= 4 is 76.8 Å². The molecule has 1 N–H and O–H groups in total. The first-order valence-electron chi connectivity index (χ1n) is 18.9. The van der Waals surface area contributed by atoms with Gasteiger partial charge in [0, 0.05) is 54.9 Å². The van der Waals surface area contributed by atoms with Crippen molar-refractivity contribution < 1.29 is 4.42 Å². The lowest BCUT2D eigenvalue weighted by molar-refractivity contribution is 0.671. The van der Waals surface area contributed by atoms with E-state index in [1.165, 1.54) is 54.8 Å². The molecule has 0 bridgehead atoms. The van der Waals surface area contributed by atoms with Crippen molar-refractivity contribution in [2.75, 3.05) is 5.32 Å². The number of para-hydroxylation sites is 4. The maximum Gasteiger partial charge on any atom is 0.160 e. The van der Waals surface area contributed by atoms with Gasteiger partial charge in [0.1, 0.15) is 5.58 Å². The van der Waals surface area contributed by atoms with Crippen LogP contribution in [-0.4, -0.2) is 9.13 Å². The first-order valence-corrected chi connectivity index (χ1v) is 18.9. The Bertz CT molecular complexity index is 3350. The molecule has 0 radical (unpaired) electrons. The molecular weight excluding hydrogens is 671 g/mol. The summed E-state index contributed by atoms with van der Waals surface area (Å²) in [4.78, 5) is 0. The second-order valence-corrected chi connectivity index (χ2v) is 14.6. The quantitative estimate of drug-likeness (QED) is 0.198. The summed E-state index contributed by atoms with van der Waals surface area (Å²) < 4.78 is 11.6. The van der Waals surface area contributed by atoms with Gasteiger partial charge in [-0.1, -0.05) is 121 Å². The summed E-state index contributed by atoms with van der Waals surface area (Å²) in [5.74, 6) is 0. The summed E-state index contributed by atoms with van der Waals surface area (Å²) in [6, 6.07) is 65.5. The van der Waals surface area contributed by atoms with Gasteiger partial charge in [-0.15, -0.1) is 0 Å². The second kappa shape index (κ2) is 11.6. The molecule has 4 nitrogen and oxygen atoms in total. The lowest BCUT2D eigenvalue weighted by Crippen LogP contribution is -2.15. The van der Waals surface area contributed by atoms with Gasteiger partial charge in [0.2, 0.25) is 0 Å². The molecule has 8 aromatic carbocycles. The van der Waals surface area contributed by atoms with Crippen molar-refractivity contribution in [2.24, 2.45) is 0 Å².